The first-order chi connectivity index (χ1) is 12.4. The number of benzene rings is 1. The van der Waals surface area contributed by atoms with E-state index >= 15 is 0 Å². The monoisotopic (exact) mass is 358 g/mol. The molecule has 1 unspecified atom stereocenters. The summed E-state index contributed by atoms with van der Waals surface area (Å²) in [5, 5.41) is 2.90. The normalized spacial score (nSPS) is 15.0. The highest BCUT2D eigenvalue weighted by molar-refractivity contribution is 5.98. The van der Waals surface area contributed by atoms with Crippen LogP contribution in [0, 0.1) is 6.92 Å². The number of para-hydroxylation sites is 1. The molecule has 1 aliphatic rings. The van der Waals surface area contributed by atoms with Crippen molar-refractivity contribution in [3.8, 4) is 0 Å². The summed E-state index contributed by atoms with van der Waals surface area (Å²) in [6.07, 6.45) is 0.150. The van der Waals surface area contributed by atoms with E-state index in [2.05, 4.69) is 10.3 Å². The highest BCUT2D eigenvalue weighted by atomic mass is 16.5. The maximum atomic E-state index is 12.5. The maximum absolute atomic E-state index is 12.5. The number of imide groups is 1. The Hall–Kier alpha value is -3.23. The molecule has 9 nitrogen and oxygen atoms in total. The second kappa shape index (κ2) is 6.95. The van der Waals surface area contributed by atoms with Gasteiger partial charge in [0.05, 0.1) is 17.2 Å². The van der Waals surface area contributed by atoms with E-state index in [4.69, 9.17) is 4.74 Å². The molecule has 0 bridgehead atoms. The Morgan fingerprint density at radius 2 is 2.12 bits per heavy atom. The number of hydrogen-bond donors (Lipinski definition) is 1. The fraction of sp³-hybridized carbons (Fsp3) is 0.353. The van der Waals surface area contributed by atoms with Crippen LogP contribution in [0.3, 0.4) is 0 Å². The van der Waals surface area contributed by atoms with E-state index in [1.165, 1.54) is 13.3 Å². The number of rotatable bonds is 4. The molecule has 1 atom stereocenters. The van der Waals surface area contributed by atoms with Gasteiger partial charge in [-0.05, 0) is 25.5 Å². The third-order valence-electron chi connectivity index (χ3n) is 4.13. The molecule has 3 rings (SSSR count). The zero-order valence-electron chi connectivity index (χ0n) is 14.4. The van der Waals surface area contributed by atoms with Crippen LogP contribution in [0.2, 0.25) is 0 Å². The number of aryl methyl sites for hydroxylation is 1. The SMILES string of the molecule is Cc1cccc2c(=O)n(CC(=O)OC(C)C(=O)N3CCNC3=O)cnc12. The van der Waals surface area contributed by atoms with Crippen molar-refractivity contribution in [3.63, 3.8) is 0 Å². The predicted octanol–water partition coefficient (Wildman–Crippen LogP) is 0.188. The molecule has 1 fully saturated rings. The molecule has 136 valence electrons. The minimum atomic E-state index is -1.13. The topological polar surface area (TPSA) is 111 Å². The molecule has 1 N–H and O–H groups in total. The molecule has 1 aromatic carbocycles. The number of esters is 1. The smallest absolute Gasteiger partial charge is 0.326 e. The average Bonchev–Trinajstić information content (AvgIpc) is 3.03. The van der Waals surface area contributed by atoms with Crippen molar-refractivity contribution in [1.82, 2.24) is 19.8 Å². The molecule has 0 radical (unpaired) electrons. The van der Waals surface area contributed by atoms with Crippen molar-refractivity contribution < 1.29 is 19.1 Å². The number of aromatic nitrogens is 2. The Labute approximate surface area is 148 Å². The largest absolute Gasteiger partial charge is 0.451 e. The fourth-order valence-electron chi connectivity index (χ4n) is 2.78. The number of nitrogens with zero attached hydrogens (tertiary/aromatic N) is 3. The lowest BCUT2D eigenvalue weighted by Gasteiger charge is -2.18. The van der Waals surface area contributed by atoms with Gasteiger partial charge in [-0.25, -0.2) is 9.78 Å². The van der Waals surface area contributed by atoms with Crippen molar-refractivity contribution in [1.29, 1.82) is 0 Å². The van der Waals surface area contributed by atoms with Gasteiger partial charge in [-0.15, -0.1) is 0 Å². The van der Waals surface area contributed by atoms with Crippen molar-refractivity contribution >= 4 is 28.8 Å². The minimum absolute atomic E-state index is 0.229. The quantitative estimate of drug-likeness (QED) is 0.781. The van der Waals surface area contributed by atoms with Gasteiger partial charge >= 0.3 is 12.0 Å². The molecule has 1 saturated heterocycles. The molecule has 2 heterocycles. The molecule has 0 aliphatic carbocycles. The molecule has 1 aromatic heterocycles. The van der Waals surface area contributed by atoms with Gasteiger partial charge < -0.3 is 10.1 Å². The molecule has 0 saturated carbocycles. The number of hydrogen-bond acceptors (Lipinski definition) is 6. The predicted molar refractivity (Wildman–Crippen MR) is 91.4 cm³/mol. The van der Waals surface area contributed by atoms with Crippen LogP contribution in [0.15, 0.2) is 29.3 Å². The number of carbonyl (C=O) groups excluding carboxylic acids is 3. The van der Waals surface area contributed by atoms with Crippen molar-refractivity contribution in [2.75, 3.05) is 13.1 Å². The fourth-order valence-corrected chi connectivity index (χ4v) is 2.78. The van der Waals surface area contributed by atoms with Gasteiger partial charge in [0.15, 0.2) is 6.10 Å². The van der Waals surface area contributed by atoms with Gasteiger partial charge in [0, 0.05) is 13.1 Å². The minimum Gasteiger partial charge on any atom is -0.451 e. The summed E-state index contributed by atoms with van der Waals surface area (Å²) in [5.74, 6) is -1.37. The lowest BCUT2D eigenvalue weighted by molar-refractivity contribution is -0.158. The third-order valence-corrected chi connectivity index (χ3v) is 4.13. The van der Waals surface area contributed by atoms with Crippen LogP contribution in [-0.2, 0) is 20.9 Å². The van der Waals surface area contributed by atoms with E-state index in [0.29, 0.717) is 17.4 Å². The van der Waals surface area contributed by atoms with Gasteiger partial charge in [-0.2, -0.15) is 0 Å². The molecule has 0 spiro atoms. The average molecular weight is 358 g/mol. The van der Waals surface area contributed by atoms with E-state index in [-0.39, 0.29) is 18.6 Å². The van der Waals surface area contributed by atoms with Crippen LogP contribution in [-0.4, -0.2) is 51.6 Å². The number of fused-ring (bicyclic) bond motifs is 1. The van der Waals surface area contributed by atoms with E-state index in [0.717, 1.165) is 15.0 Å². The zero-order chi connectivity index (χ0) is 18.8. The summed E-state index contributed by atoms with van der Waals surface area (Å²) in [5.41, 5.74) is 1.07. The number of ether oxygens (including phenoxy) is 1. The van der Waals surface area contributed by atoms with Crippen LogP contribution in [0.4, 0.5) is 4.79 Å². The second-order valence-corrected chi connectivity index (χ2v) is 6.00. The molecule has 1 aliphatic heterocycles. The van der Waals surface area contributed by atoms with Crippen LogP contribution >= 0.6 is 0 Å². The molecule has 26 heavy (non-hydrogen) atoms. The van der Waals surface area contributed by atoms with Gasteiger partial charge in [0.1, 0.15) is 6.54 Å². The van der Waals surface area contributed by atoms with Crippen LogP contribution in [0.25, 0.3) is 10.9 Å². The molecule has 2 aromatic rings. The first-order valence-corrected chi connectivity index (χ1v) is 8.12. The summed E-state index contributed by atoms with van der Waals surface area (Å²) in [4.78, 5) is 53.4. The second-order valence-electron chi connectivity index (χ2n) is 6.00. The number of carbonyl (C=O) groups is 3. The summed E-state index contributed by atoms with van der Waals surface area (Å²) in [6, 6.07) is 4.71. The summed E-state index contributed by atoms with van der Waals surface area (Å²) in [7, 11) is 0. The van der Waals surface area contributed by atoms with Crippen LogP contribution < -0.4 is 10.9 Å². The Balaban J connectivity index is 1.71. The van der Waals surface area contributed by atoms with Gasteiger partial charge in [-0.3, -0.25) is 23.9 Å². The molecule has 9 heteroatoms. The van der Waals surface area contributed by atoms with Crippen LogP contribution in [0.1, 0.15) is 12.5 Å². The van der Waals surface area contributed by atoms with E-state index in [9.17, 15) is 19.2 Å². The van der Waals surface area contributed by atoms with E-state index in [1.54, 1.807) is 12.1 Å². The number of nitrogens with one attached hydrogen (secondary N) is 1. The number of urea groups is 1. The Morgan fingerprint density at radius 1 is 1.35 bits per heavy atom. The van der Waals surface area contributed by atoms with Gasteiger partial charge in [0.2, 0.25) is 0 Å². The van der Waals surface area contributed by atoms with Gasteiger partial charge in [-0.1, -0.05) is 12.1 Å². The van der Waals surface area contributed by atoms with Crippen molar-refractivity contribution in [3.05, 3.63) is 40.4 Å². The van der Waals surface area contributed by atoms with Crippen molar-refractivity contribution in [2.24, 2.45) is 0 Å². The highest BCUT2D eigenvalue weighted by Gasteiger charge is 2.31. The summed E-state index contributed by atoms with van der Waals surface area (Å²) >= 11 is 0. The van der Waals surface area contributed by atoms with Crippen molar-refractivity contribution in [2.45, 2.75) is 26.5 Å². The lowest BCUT2D eigenvalue weighted by atomic mass is 10.1. The van der Waals surface area contributed by atoms with E-state index in [1.807, 2.05) is 13.0 Å². The van der Waals surface area contributed by atoms with Crippen LogP contribution in [0.5, 0.6) is 0 Å². The Morgan fingerprint density at radius 3 is 2.81 bits per heavy atom. The number of amides is 3. The molecular weight excluding hydrogens is 340 g/mol. The summed E-state index contributed by atoms with van der Waals surface area (Å²) < 4.78 is 6.20. The standard InChI is InChI=1S/C17H18N4O5/c1-10-4-3-5-12-14(10)19-9-20(16(12)24)8-13(22)26-11(2)15(23)21-7-6-18-17(21)25/h3-5,9,11H,6-8H2,1-2H3,(H,18,25). The highest BCUT2D eigenvalue weighted by Crippen LogP contribution is 2.11. The Bertz CT molecular complexity index is 952. The molecule has 3 amide bonds. The lowest BCUT2D eigenvalue weighted by Crippen LogP contribution is -2.42. The first-order valence-electron chi connectivity index (χ1n) is 8.12. The maximum Gasteiger partial charge on any atom is 0.326 e. The molecular formula is C17H18N4O5. The zero-order valence-corrected chi connectivity index (χ0v) is 14.4. The Kier molecular flexibility index (Phi) is 4.70. The van der Waals surface area contributed by atoms with Gasteiger partial charge in [0.25, 0.3) is 11.5 Å². The third kappa shape index (κ3) is 3.28. The summed E-state index contributed by atoms with van der Waals surface area (Å²) in [6.45, 7) is 3.45. The van der Waals surface area contributed by atoms with E-state index < -0.39 is 24.0 Å². The first kappa shape index (κ1) is 17.6.